The second-order valence-electron chi connectivity index (χ2n) is 5.99. The molecule has 0 saturated heterocycles. The number of H-pyrrole nitrogens is 1. The van der Waals surface area contributed by atoms with E-state index in [0.717, 1.165) is 47.9 Å². The van der Waals surface area contributed by atoms with Gasteiger partial charge in [-0.05, 0) is 50.1 Å². The van der Waals surface area contributed by atoms with Gasteiger partial charge in [-0.25, -0.2) is 4.98 Å². The number of nitrogens with zero attached hydrogens (tertiary/aromatic N) is 1. The number of hydrogen-bond acceptors (Lipinski definition) is 4. The van der Waals surface area contributed by atoms with Gasteiger partial charge < -0.3 is 19.8 Å². The normalized spacial score (nSPS) is 21.8. The van der Waals surface area contributed by atoms with Gasteiger partial charge in [-0.1, -0.05) is 6.58 Å². The second-order valence-corrected chi connectivity index (χ2v) is 5.99. The van der Waals surface area contributed by atoms with Crippen LogP contribution >= 0.6 is 0 Å². The molecule has 0 radical (unpaired) electrons. The van der Waals surface area contributed by atoms with Crippen LogP contribution in [0.4, 0.5) is 0 Å². The van der Waals surface area contributed by atoms with Crippen LogP contribution in [-0.4, -0.2) is 33.3 Å². The van der Waals surface area contributed by atoms with Crippen LogP contribution in [0.1, 0.15) is 31.2 Å². The van der Waals surface area contributed by atoms with E-state index in [9.17, 15) is 10.1 Å². The van der Waals surface area contributed by atoms with Gasteiger partial charge in [0.2, 0.25) is 0 Å². The number of aromatic nitrogens is 2. The summed E-state index contributed by atoms with van der Waals surface area (Å²) >= 11 is 0. The highest BCUT2D eigenvalue weighted by molar-refractivity contribution is 6.41. The summed E-state index contributed by atoms with van der Waals surface area (Å²) < 4.78 is 5.52. The zero-order chi connectivity index (χ0) is 15.7. The number of allylic oxidation sites excluding steroid dienone is 1. The Kier molecular flexibility index (Phi) is 4.22. The molecular weight excluding hydrogens is 279 g/mol. The Morgan fingerprint density at radius 2 is 2.14 bits per heavy atom. The summed E-state index contributed by atoms with van der Waals surface area (Å²) in [6, 6.07) is 1.95. The van der Waals surface area contributed by atoms with Crippen molar-refractivity contribution in [2.24, 2.45) is 5.92 Å². The van der Waals surface area contributed by atoms with E-state index >= 15 is 0 Å². The third-order valence-corrected chi connectivity index (χ3v) is 4.36. The zero-order valence-electron chi connectivity index (χ0n) is 12.7. The van der Waals surface area contributed by atoms with Crippen LogP contribution in [0.3, 0.4) is 0 Å². The zero-order valence-corrected chi connectivity index (χ0v) is 12.7. The summed E-state index contributed by atoms with van der Waals surface area (Å²) in [5, 5.41) is 20.2. The molecule has 2 heterocycles. The van der Waals surface area contributed by atoms with Crippen molar-refractivity contribution in [1.29, 1.82) is 0 Å². The first-order valence-electron chi connectivity index (χ1n) is 7.74. The smallest absolute Gasteiger partial charge is 0.519 e. The highest BCUT2D eigenvalue weighted by atomic mass is 16.5. The van der Waals surface area contributed by atoms with Crippen LogP contribution < -0.4 is 4.65 Å². The molecule has 3 rings (SSSR count). The van der Waals surface area contributed by atoms with Gasteiger partial charge in [0.15, 0.2) is 0 Å². The summed E-state index contributed by atoms with van der Waals surface area (Å²) in [7, 11) is -0.905. The molecule has 0 atom stereocenters. The molecule has 2 aromatic heterocycles. The number of aromatic amines is 1. The lowest BCUT2D eigenvalue weighted by molar-refractivity contribution is 0.119. The first-order chi connectivity index (χ1) is 10.6. The van der Waals surface area contributed by atoms with Gasteiger partial charge in [0.25, 0.3) is 0 Å². The van der Waals surface area contributed by atoms with Crippen molar-refractivity contribution >= 4 is 23.7 Å². The summed E-state index contributed by atoms with van der Waals surface area (Å²) in [6.07, 6.45) is 6.72. The van der Waals surface area contributed by atoms with E-state index in [-0.39, 0.29) is 6.10 Å². The first-order valence-corrected chi connectivity index (χ1v) is 7.74. The quantitative estimate of drug-likeness (QED) is 0.758. The molecule has 1 fully saturated rings. The molecule has 2 aromatic rings. The van der Waals surface area contributed by atoms with E-state index in [1.54, 1.807) is 13.0 Å². The monoisotopic (exact) mass is 300 g/mol. The molecule has 6 heteroatoms. The van der Waals surface area contributed by atoms with Crippen LogP contribution in [0.15, 0.2) is 25.0 Å². The van der Waals surface area contributed by atoms with E-state index in [0.29, 0.717) is 11.7 Å². The van der Waals surface area contributed by atoms with Gasteiger partial charge in [0.05, 0.1) is 12.3 Å². The molecule has 1 saturated carbocycles. The highest BCUT2D eigenvalue weighted by Crippen LogP contribution is 2.40. The number of hydrogen-bond donors (Lipinski definition) is 3. The van der Waals surface area contributed by atoms with E-state index in [2.05, 4.69) is 16.5 Å². The van der Waals surface area contributed by atoms with Crippen LogP contribution in [0.5, 0.6) is 5.75 Å². The minimum absolute atomic E-state index is 0.193. The third-order valence-electron chi connectivity index (χ3n) is 4.36. The van der Waals surface area contributed by atoms with Crippen molar-refractivity contribution in [2.75, 3.05) is 0 Å². The van der Waals surface area contributed by atoms with Crippen molar-refractivity contribution in [2.45, 2.75) is 38.6 Å². The highest BCUT2D eigenvalue weighted by Gasteiger charge is 2.26. The average Bonchev–Trinajstić information content (AvgIpc) is 2.95. The summed E-state index contributed by atoms with van der Waals surface area (Å²) in [6.45, 7) is 5.86. The van der Waals surface area contributed by atoms with Crippen molar-refractivity contribution in [3.8, 4) is 5.75 Å². The lowest BCUT2D eigenvalue weighted by Crippen LogP contribution is -2.20. The van der Waals surface area contributed by atoms with Crippen molar-refractivity contribution in [3.05, 3.63) is 30.6 Å². The van der Waals surface area contributed by atoms with Gasteiger partial charge in [0.1, 0.15) is 11.4 Å². The Balaban J connectivity index is 1.99. The molecule has 0 aliphatic heterocycles. The van der Waals surface area contributed by atoms with Crippen LogP contribution in [-0.2, 0) is 0 Å². The van der Waals surface area contributed by atoms with Gasteiger partial charge in [0, 0.05) is 17.1 Å². The second kappa shape index (κ2) is 6.14. The third kappa shape index (κ3) is 2.89. The molecule has 1 aliphatic carbocycles. The molecule has 116 valence electrons. The van der Waals surface area contributed by atoms with Gasteiger partial charge >= 0.3 is 7.12 Å². The lowest BCUT2D eigenvalue weighted by atomic mass is 9.80. The maximum atomic E-state index is 9.69. The fourth-order valence-electron chi connectivity index (χ4n) is 3.22. The Labute approximate surface area is 130 Å². The Morgan fingerprint density at radius 3 is 2.82 bits per heavy atom. The Bertz CT molecular complexity index is 675. The number of fused-ring (bicyclic) bond motifs is 1. The molecule has 0 unspecified atom stereocenters. The maximum absolute atomic E-state index is 9.69. The van der Waals surface area contributed by atoms with E-state index in [1.165, 1.54) is 0 Å². The van der Waals surface area contributed by atoms with Crippen molar-refractivity contribution in [1.82, 2.24) is 9.97 Å². The van der Waals surface area contributed by atoms with Gasteiger partial charge in [-0.15, -0.1) is 0 Å². The number of pyridine rings is 1. The van der Waals surface area contributed by atoms with Crippen molar-refractivity contribution < 1.29 is 14.8 Å². The standard InChI is InChI=1S/C16H21BN2O3/c1-10(11-3-5-12(20)6-4-11)15-13-7-8-18-16(13)19-9-14(15)22-17(2)21/h7-9,11-12,20-21H,1,3-6H2,2H3,(H,18,19). The van der Waals surface area contributed by atoms with Crippen LogP contribution in [0.2, 0.25) is 6.82 Å². The Hall–Kier alpha value is -1.79. The van der Waals surface area contributed by atoms with Gasteiger partial charge in [-0.2, -0.15) is 0 Å². The number of rotatable bonds is 4. The molecule has 0 bridgehead atoms. The number of nitrogens with one attached hydrogen (secondary N) is 1. The predicted octanol–water partition coefficient (Wildman–Crippen LogP) is 2.62. The van der Waals surface area contributed by atoms with Crippen molar-refractivity contribution in [3.63, 3.8) is 0 Å². The topological polar surface area (TPSA) is 78.4 Å². The van der Waals surface area contributed by atoms with Gasteiger partial charge in [-0.3, -0.25) is 0 Å². The largest absolute Gasteiger partial charge is 0.535 e. The van der Waals surface area contributed by atoms with Crippen LogP contribution in [0.25, 0.3) is 16.6 Å². The molecule has 0 aromatic carbocycles. The first kappa shape index (κ1) is 15.1. The molecule has 0 amide bonds. The Morgan fingerprint density at radius 1 is 1.41 bits per heavy atom. The molecule has 0 spiro atoms. The minimum Gasteiger partial charge on any atom is -0.535 e. The lowest BCUT2D eigenvalue weighted by Gasteiger charge is -2.28. The SMILES string of the molecule is C=C(c1c(OB(C)O)cnc2[nH]ccc12)C1CCC(O)CC1. The summed E-state index contributed by atoms with van der Waals surface area (Å²) in [4.78, 5) is 7.42. The van der Waals surface area contributed by atoms with Crippen LogP contribution in [0, 0.1) is 5.92 Å². The minimum atomic E-state index is -0.905. The predicted molar refractivity (Wildman–Crippen MR) is 87.6 cm³/mol. The molecule has 22 heavy (non-hydrogen) atoms. The maximum Gasteiger partial charge on any atom is 0.519 e. The van der Waals surface area contributed by atoms with E-state index < -0.39 is 7.12 Å². The molecule has 1 aliphatic rings. The molecule has 3 N–H and O–H groups in total. The number of aliphatic hydroxyl groups excluding tert-OH is 1. The fraction of sp³-hybridized carbons (Fsp3) is 0.438. The molecule has 5 nitrogen and oxygen atoms in total. The fourth-order valence-corrected chi connectivity index (χ4v) is 3.22. The summed E-state index contributed by atoms with van der Waals surface area (Å²) in [5.74, 6) is 0.874. The number of aliphatic hydroxyl groups is 1. The van der Waals surface area contributed by atoms with E-state index in [1.807, 2.05) is 12.3 Å². The molecular formula is C16H21BN2O3. The average molecular weight is 300 g/mol. The summed E-state index contributed by atoms with van der Waals surface area (Å²) in [5.41, 5.74) is 2.69. The van der Waals surface area contributed by atoms with E-state index in [4.69, 9.17) is 4.65 Å².